The normalized spacial score (nSPS) is 23.1. The molecule has 2 atom stereocenters. The van der Waals surface area contributed by atoms with Crippen molar-refractivity contribution in [1.82, 2.24) is 0 Å². The van der Waals surface area contributed by atoms with Gasteiger partial charge in [0.25, 0.3) is 0 Å². The van der Waals surface area contributed by atoms with Crippen molar-refractivity contribution < 1.29 is 4.48 Å². The summed E-state index contributed by atoms with van der Waals surface area (Å²) in [5.74, 6) is 1.69. The first-order chi connectivity index (χ1) is 13.2. The van der Waals surface area contributed by atoms with Crippen LogP contribution in [0.3, 0.4) is 0 Å². The second kappa shape index (κ2) is 7.20. The van der Waals surface area contributed by atoms with Crippen LogP contribution in [0.15, 0.2) is 54.1 Å². The average molecular weight is 415 g/mol. The van der Waals surface area contributed by atoms with Crippen LogP contribution in [0.1, 0.15) is 32.3 Å². The zero-order valence-electron chi connectivity index (χ0n) is 17.3. The largest absolute Gasteiger partial charge is 0.321 e. The summed E-state index contributed by atoms with van der Waals surface area (Å²) in [4.78, 5) is 0. The first-order valence-corrected chi connectivity index (χ1v) is 11.0. The van der Waals surface area contributed by atoms with Crippen molar-refractivity contribution in [1.29, 1.82) is 0 Å². The van der Waals surface area contributed by atoms with Gasteiger partial charge in [0.2, 0.25) is 0 Å². The van der Waals surface area contributed by atoms with E-state index in [0.29, 0.717) is 15.5 Å². The van der Waals surface area contributed by atoms with Crippen LogP contribution >= 0.6 is 23.2 Å². The van der Waals surface area contributed by atoms with E-state index in [2.05, 4.69) is 58.3 Å². The van der Waals surface area contributed by atoms with Crippen LogP contribution in [0, 0.1) is 17.3 Å². The standard InChI is InChI=1S/C25H30Cl2N/c1-25(2)20-13-12-19(21(25)14-20)16-28(3,4)15-17-8-10-18(11-9-17)24-22(26)6-5-7-23(24)27/h5-12,20-21H,13-16H2,1-4H3/q+1/t20-,21-/m0/s1. The van der Waals surface area contributed by atoms with Gasteiger partial charge in [-0.2, -0.15) is 0 Å². The van der Waals surface area contributed by atoms with E-state index in [0.717, 1.165) is 40.5 Å². The second-order valence-corrected chi connectivity index (χ2v) is 10.7. The molecular formula is C25H30Cl2N+. The molecule has 1 nitrogen and oxygen atoms in total. The molecule has 2 aromatic carbocycles. The molecule has 3 aliphatic carbocycles. The first-order valence-electron chi connectivity index (χ1n) is 10.2. The lowest BCUT2D eigenvalue weighted by molar-refractivity contribution is -0.899. The van der Waals surface area contributed by atoms with Crippen LogP contribution in [-0.2, 0) is 6.54 Å². The van der Waals surface area contributed by atoms with Crippen molar-refractivity contribution in [3.63, 3.8) is 0 Å². The van der Waals surface area contributed by atoms with Crippen molar-refractivity contribution in [3.8, 4) is 11.1 Å². The average Bonchev–Trinajstić information content (AvgIpc) is 2.62. The maximum atomic E-state index is 6.37. The molecule has 3 aliphatic rings. The number of nitrogens with zero attached hydrogens (tertiary/aromatic N) is 1. The molecule has 0 saturated heterocycles. The molecule has 0 amide bonds. The highest BCUT2D eigenvalue weighted by Crippen LogP contribution is 2.59. The fraction of sp³-hybridized carbons (Fsp3) is 0.440. The zero-order chi connectivity index (χ0) is 20.1. The highest BCUT2D eigenvalue weighted by atomic mass is 35.5. The van der Waals surface area contributed by atoms with Gasteiger partial charge in [0, 0.05) is 21.2 Å². The molecule has 148 valence electrons. The minimum absolute atomic E-state index is 0.500. The third-order valence-corrected chi connectivity index (χ3v) is 7.64. The van der Waals surface area contributed by atoms with Crippen LogP contribution in [-0.4, -0.2) is 25.1 Å². The van der Waals surface area contributed by atoms with E-state index < -0.39 is 0 Å². The number of benzene rings is 2. The highest BCUT2D eigenvalue weighted by Gasteiger charge is 2.52. The summed E-state index contributed by atoms with van der Waals surface area (Å²) in [6.45, 7) is 7.07. The fourth-order valence-corrected chi connectivity index (χ4v) is 5.87. The summed E-state index contributed by atoms with van der Waals surface area (Å²) in [6, 6.07) is 14.4. The lowest BCUT2D eigenvalue weighted by atomic mass is 9.49. The second-order valence-electron chi connectivity index (χ2n) is 9.87. The molecule has 1 fully saturated rings. The predicted molar refractivity (Wildman–Crippen MR) is 121 cm³/mol. The number of halogens is 2. The summed E-state index contributed by atoms with van der Waals surface area (Å²) in [5, 5.41) is 1.39. The van der Waals surface area contributed by atoms with Crippen LogP contribution in [0.4, 0.5) is 0 Å². The van der Waals surface area contributed by atoms with Gasteiger partial charge in [0.1, 0.15) is 13.1 Å². The Bertz CT molecular complexity index is 888. The van der Waals surface area contributed by atoms with Crippen molar-refractivity contribution >= 4 is 23.2 Å². The molecule has 0 aromatic heterocycles. The Morgan fingerprint density at radius 1 is 0.964 bits per heavy atom. The maximum absolute atomic E-state index is 6.37. The Morgan fingerprint density at radius 3 is 2.18 bits per heavy atom. The topological polar surface area (TPSA) is 0 Å². The lowest BCUT2D eigenvalue weighted by Crippen LogP contribution is -2.52. The van der Waals surface area contributed by atoms with E-state index >= 15 is 0 Å². The molecule has 0 unspecified atom stereocenters. The van der Waals surface area contributed by atoms with Gasteiger partial charge in [-0.1, -0.05) is 73.5 Å². The van der Waals surface area contributed by atoms with Gasteiger partial charge in [0.15, 0.2) is 0 Å². The molecule has 0 aliphatic heterocycles. The van der Waals surface area contributed by atoms with E-state index in [9.17, 15) is 0 Å². The maximum Gasteiger partial charge on any atom is 0.104 e. The number of rotatable bonds is 5. The summed E-state index contributed by atoms with van der Waals surface area (Å²) >= 11 is 12.7. The van der Waals surface area contributed by atoms with Crippen LogP contribution < -0.4 is 0 Å². The molecule has 0 spiro atoms. The molecule has 0 radical (unpaired) electrons. The van der Waals surface area contributed by atoms with Crippen LogP contribution in [0.5, 0.6) is 0 Å². The third kappa shape index (κ3) is 3.65. The van der Waals surface area contributed by atoms with Crippen molar-refractivity contribution in [2.24, 2.45) is 17.3 Å². The van der Waals surface area contributed by atoms with E-state index in [1.54, 1.807) is 5.57 Å². The van der Waals surface area contributed by atoms with Gasteiger partial charge in [0.05, 0.1) is 14.1 Å². The smallest absolute Gasteiger partial charge is 0.104 e. The Kier molecular flexibility index (Phi) is 5.15. The summed E-state index contributed by atoms with van der Waals surface area (Å²) in [7, 11) is 4.69. The van der Waals surface area contributed by atoms with Gasteiger partial charge in [-0.3, -0.25) is 0 Å². The minimum Gasteiger partial charge on any atom is -0.321 e. The number of fused-ring (bicyclic) bond motifs is 1. The molecule has 5 rings (SSSR count). The molecule has 0 N–H and O–H groups in total. The SMILES string of the molecule is CC1(C)[C@H]2CC=C(C[N+](C)(C)Cc3ccc(-c4c(Cl)cccc4Cl)cc3)[C@@H]1C2. The van der Waals surface area contributed by atoms with Gasteiger partial charge >= 0.3 is 0 Å². The molecule has 2 bridgehead atoms. The molecule has 1 saturated carbocycles. The predicted octanol–water partition coefficient (Wildman–Crippen LogP) is 7.23. The first kappa shape index (κ1) is 20.0. The Labute approximate surface area is 179 Å². The van der Waals surface area contributed by atoms with E-state index in [4.69, 9.17) is 23.2 Å². The number of allylic oxidation sites excluding steroid dienone is 1. The molecule has 3 heteroatoms. The quantitative estimate of drug-likeness (QED) is 0.357. The molecule has 0 heterocycles. The third-order valence-electron chi connectivity index (χ3n) is 7.01. The highest BCUT2D eigenvalue weighted by molar-refractivity contribution is 6.39. The van der Waals surface area contributed by atoms with E-state index in [1.165, 1.54) is 18.4 Å². The van der Waals surface area contributed by atoms with Gasteiger partial charge in [-0.25, -0.2) is 0 Å². The van der Waals surface area contributed by atoms with Crippen molar-refractivity contribution in [2.45, 2.75) is 33.2 Å². The minimum atomic E-state index is 0.500. The number of likely N-dealkylation sites (N-methyl/N-ethyl adjacent to an activating group) is 1. The Hall–Kier alpha value is -1.28. The van der Waals surface area contributed by atoms with Gasteiger partial charge in [-0.05, 0) is 53.4 Å². The summed E-state index contributed by atoms with van der Waals surface area (Å²) < 4.78 is 0.981. The molecular weight excluding hydrogens is 385 g/mol. The van der Waals surface area contributed by atoms with Crippen LogP contribution in [0.25, 0.3) is 11.1 Å². The van der Waals surface area contributed by atoms with E-state index in [1.807, 2.05) is 18.2 Å². The van der Waals surface area contributed by atoms with Crippen molar-refractivity contribution in [3.05, 3.63) is 69.7 Å². The number of hydrogen-bond acceptors (Lipinski definition) is 0. The Balaban J connectivity index is 1.47. The zero-order valence-corrected chi connectivity index (χ0v) is 18.8. The van der Waals surface area contributed by atoms with E-state index in [-0.39, 0.29) is 0 Å². The van der Waals surface area contributed by atoms with Crippen LogP contribution in [0.2, 0.25) is 10.0 Å². The summed E-state index contributed by atoms with van der Waals surface area (Å²) in [5.41, 5.74) is 5.51. The van der Waals surface area contributed by atoms with Gasteiger partial charge < -0.3 is 4.48 Å². The number of hydrogen-bond donors (Lipinski definition) is 0. The fourth-order valence-electron chi connectivity index (χ4n) is 5.25. The number of quaternary nitrogens is 1. The van der Waals surface area contributed by atoms with Gasteiger partial charge in [-0.15, -0.1) is 0 Å². The summed E-state index contributed by atoms with van der Waals surface area (Å²) in [6.07, 6.45) is 5.20. The Morgan fingerprint density at radius 2 is 1.61 bits per heavy atom. The monoisotopic (exact) mass is 414 g/mol. The van der Waals surface area contributed by atoms with Crippen molar-refractivity contribution in [2.75, 3.05) is 20.6 Å². The lowest BCUT2D eigenvalue weighted by Gasteiger charge is -2.57. The molecule has 2 aromatic rings. The molecule has 28 heavy (non-hydrogen) atoms.